The fraction of sp³-hybridized carbons (Fsp3) is 0.667. The van der Waals surface area contributed by atoms with Gasteiger partial charge in [0.15, 0.2) is 0 Å². The van der Waals surface area contributed by atoms with E-state index < -0.39 is 0 Å². The topological polar surface area (TPSA) is 42.1 Å². The molecule has 72 valence electrons. The molecule has 1 fully saturated rings. The molecule has 1 aromatic heterocycles. The molecule has 0 bridgehead atoms. The number of likely N-dealkylation sites (N-methyl/N-ethyl adjacent to an activating group) is 1. The largest absolute Gasteiger partial charge is 0.326 e. The molecule has 2 atom stereocenters. The van der Waals surface area contributed by atoms with Crippen molar-refractivity contribution in [3.63, 3.8) is 0 Å². The van der Waals surface area contributed by atoms with E-state index in [1.807, 2.05) is 13.1 Å². The Morgan fingerprint density at radius 1 is 1.69 bits per heavy atom. The van der Waals surface area contributed by atoms with Crippen molar-refractivity contribution in [3.8, 4) is 0 Å². The van der Waals surface area contributed by atoms with E-state index in [1.54, 1.807) is 11.3 Å². The molecule has 0 aromatic carbocycles. The van der Waals surface area contributed by atoms with Gasteiger partial charge in [0.1, 0.15) is 0 Å². The highest BCUT2D eigenvalue weighted by Crippen LogP contribution is 2.32. The van der Waals surface area contributed by atoms with Crippen LogP contribution in [0, 0.1) is 6.92 Å². The Hall–Kier alpha value is -0.450. The van der Waals surface area contributed by atoms with Crippen LogP contribution < -0.4 is 5.73 Å². The third kappa shape index (κ3) is 1.61. The SMILES string of the molecule is Cc1ncc(C2C(N)CCN2C)s1. The van der Waals surface area contributed by atoms with E-state index in [9.17, 15) is 0 Å². The van der Waals surface area contributed by atoms with Crippen molar-refractivity contribution >= 4 is 11.3 Å². The Labute approximate surface area is 82.6 Å². The number of hydrogen-bond donors (Lipinski definition) is 1. The van der Waals surface area contributed by atoms with Gasteiger partial charge in [-0.3, -0.25) is 4.90 Å². The maximum absolute atomic E-state index is 6.05. The second-order valence-electron chi connectivity index (χ2n) is 3.66. The molecule has 2 heterocycles. The Bertz CT molecular complexity index is 287. The third-order valence-corrected chi connectivity index (χ3v) is 3.61. The van der Waals surface area contributed by atoms with Crippen LogP contribution in [0.4, 0.5) is 0 Å². The number of likely N-dealkylation sites (tertiary alicyclic amines) is 1. The molecule has 1 aliphatic rings. The van der Waals surface area contributed by atoms with Crippen LogP contribution in [0.5, 0.6) is 0 Å². The minimum absolute atomic E-state index is 0.282. The van der Waals surface area contributed by atoms with E-state index in [0.717, 1.165) is 18.0 Å². The Balaban J connectivity index is 2.24. The lowest BCUT2D eigenvalue weighted by molar-refractivity contribution is 0.308. The van der Waals surface area contributed by atoms with Gasteiger partial charge in [0, 0.05) is 23.7 Å². The highest BCUT2D eigenvalue weighted by molar-refractivity contribution is 7.11. The van der Waals surface area contributed by atoms with Crippen LogP contribution in [-0.2, 0) is 0 Å². The van der Waals surface area contributed by atoms with Crippen LogP contribution in [0.3, 0.4) is 0 Å². The van der Waals surface area contributed by atoms with Crippen molar-refractivity contribution in [1.82, 2.24) is 9.88 Å². The van der Waals surface area contributed by atoms with Crippen LogP contribution in [0.25, 0.3) is 0 Å². The summed E-state index contributed by atoms with van der Waals surface area (Å²) in [6.45, 7) is 3.14. The highest BCUT2D eigenvalue weighted by Gasteiger charge is 2.31. The van der Waals surface area contributed by atoms with Gasteiger partial charge in [-0.2, -0.15) is 0 Å². The lowest BCUT2D eigenvalue weighted by atomic mass is 10.1. The molecule has 0 saturated carbocycles. The van der Waals surface area contributed by atoms with E-state index in [1.165, 1.54) is 4.88 Å². The first-order valence-electron chi connectivity index (χ1n) is 4.56. The predicted octanol–water partition coefficient (Wildman–Crippen LogP) is 1.16. The average Bonchev–Trinajstić information content (AvgIpc) is 2.60. The van der Waals surface area contributed by atoms with Gasteiger partial charge < -0.3 is 5.73 Å². The molecule has 0 amide bonds. The smallest absolute Gasteiger partial charge is 0.0897 e. The summed E-state index contributed by atoms with van der Waals surface area (Å²) in [6.07, 6.45) is 3.06. The standard InChI is InChI=1S/C9H15N3S/c1-6-11-5-8(13-6)9-7(10)3-4-12(9)2/h5,7,9H,3-4,10H2,1-2H3. The fourth-order valence-corrected chi connectivity index (χ4v) is 2.95. The van der Waals surface area contributed by atoms with E-state index in [4.69, 9.17) is 5.73 Å². The molecule has 0 aliphatic carbocycles. The molecule has 4 heteroatoms. The summed E-state index contributed by atoms with van der Waals surface area (Å²) in [5.74, 6) is 0. The zero-order valence-corrected chi connectivity index (χ0v) is 8.84. The molecule has 1 aromatic rings. The van der Waals surface area contributed by atoms with E-state index >= 15 is 0 Å². The maximum atomic E-state index is 6.05. The summed E-state index contributed by atoms with van der Waals surface area (Å²) in [5, 5.41) is 1.13. The van der Waals surface area contributed by atoms with Crippen molar-refractivity contribution in [1.29, 1.82) is 0 Å². The summed E-state index contributed by atoms with van der Waals surface area (Å²) in [5.41, 5.74) is 6.05. The Morgan fingerprint density at radius 3 is 2.92 bits per heavy atom. The van der Waals surface area contributed by atoms with Crippen LogP contribution in [-0.4, -0.2) is 29.5 Å². The number of aromatic nitrogens is 1. The van der Waals surface area contributed by atoms with Gasteiger partial charge in [-0.1, -0.05) is 0 Å². The molecule has 1 aliphatic heterocycles. The summed E-state index contributed by atoms with van der Waals surface area (Å²) >= 11 is 1.76. The highest BCUT2D eigenvalue weighted by atomic mass is 32.1. The molecule has 3 nitrogen and oxygen atoms in total. The number of thiazole rings is 1. The first-order valence-corrected chi connectivity index (χ1v) is 5.38. The van der Waals surface area contributed by atoms with Crippen LogP contribution in [0.2, 0.25) is 0 Å². The summed E-state index contributed by atoms with van der Waals surface area (Å²) in [4.78, 5) is 7.89. The van der Waals surface area contributed by atoms with Crippen molar-refractivity contribution in [2.24, 2.45) is 5.73 Å². The minimum atomic E-state index is 0.282. The Morgan fingerprint density at radius 2 is 2.46 bits per heavy atom. The number of aryl methyl sites for hydroxylation is 1. The molecule has 1 saturated heterocycles. The monoisotopic (exact) mass is 197 g/mol. The van der Waals surface area contributed by atoms with Gasteiger partial charge in [0.05, 0.1) is 11.0 Å². The summed E-state index contributed by atoms with van der Waals surface area (Å²) in [7, 11) is 2.13. The van der Waals surface area contributed by atoms with Gasteiger partial charge in [0.25, 0.3) is 0 Å². The molecule has 13 heavy (non-hydrogen) atoms. The summed E-state index contributed by atoms with van der Waals surface area (Å²) in [6, 6.07) is 0.677. The Kier molecular flexibility index (Phi) is 2.36. The first kappa shape index (κ1) is 9.12. The second-order valence-corrected chi connectivity index (χ2v) is 4.93. The van der Waals surface area contributed by atoms with Crippen molar-refractivity contribution in [2.45, 2.75) is 25.4 Å². The van der Waals surface area contributed by atoms with Crippen LogP contribution in [0.15, 0.2) is 6.20 Å². The quantitative estimate of drug-likeness (QED) is 0.734. The normalized spacial score (nSPS) is 29.8. The van der Waals surface area contributed by atoms with Crippen molar-refractivity contribution in [2.75, 3.05) is 13.6 Å². The van der Waals surface area contributed by atoms with E-state index in [-0.39, 0.29) is 6.04 Å². The molecular weight excluding hydrogens is 182 g/mol. The second kappa shape index (κ2) is 3.36. The number of nitrogens with zero attached hydrogens (tertiary/aromatic N) is 2. The average molecular weight is 197 g/mol. The molecular formula is C9H15N3S. The third-order valence-electron chi connectivity index (χ3n) is 2.63. The van der Waals surface area contributed by atoms with Gasteiger partial charge >= 0.3 is 0 Å². The molecule has 2 rings (SSSR count). The van der Waals surface area contributed by atoms with Gasteiger partial charge in [-0.15, -0.1) is 11.3 Å². The van der Waals surface area contributed by atoms with Gasteiger partial charge in [0.2, 0.25) is 0 Å². The summed E-state index contributed by atoms with van der Waals surface area (Å²) < 4.78 is 0. The van der Waals surface area contributed by atoms with Crippen molar-refractivity contribution in [3.05, 3.63) is 16.1 Å². The minimum Gasteiger partial charge on any atom is -0.326 e. The van der Waals surface area contributed by atoms with Gasteiger partial charge in [-0.05, 0) is 20.4 Å². The zero-order valence-electron chi connectivity index (χ0n) is 8.03. The maximum Gasteiger partial charge on any atom is 0.0897 e. The van der Waals surface area contributed by atoms with Crippen molar-refractivity contribution < 1.29 is 0 Å². The molecule has 0 spiro atoms. The number of rotatable bonds is 1. The first-order chi connectivity index (χ1) is 6.18. The van der Waals surface area contributed by atoms with Crippen LogP contribution in [0.1, 0.15) is 22.3 Å². The molecule has 2 unspecified atom stereocenters. The van der Waals surface area contributed by atoms with E-state index in [2.05, 4.69) is 16.9 Å². The fourth-order valence-electron chi connectivity index (χ4n) is 1.92. The zero-order chi connectivity index (χ0) is 9.42. The number of nitrogens with two attached hydrogens (primary N) is 1. The lowest BCUT2D eigenvalue weighted by Gasteiger charge is -2.20. The molecule has 0 radical (unpaired) electrons. The predicted molar refractivity (Wildman–Crippen MR) is 54.8 cm³/mol. The van der Waals surface area contributed by atoms with Gasteiger partial charge in [-0.25, -0.2) is 4.98 Å². The van der Waals surface area contributed by atoms with E-state index in [0.29, 0.717) is 6.04 Å². The number of hydrogen-bond acceptors (Lipinski definition) is 4. The molecule has 2 N–H and O–H groups in total. The lowest BCUT2D eigenvalue weighted by Crippen LogP contribution is -2.28. The van der Waals surface area contributed by atoms with Crippen LogP contribution >= 0.6 is 11.3 Å².